The van der Waals surface area contributed by atoms with E-state index < -0.39 is 11.7 Å². The zero-order chi connectivity index (χ0) is 15.0. The molecular weight excluding hydrogens is 283 g/mol. The molecule has 0 saturated heterocycles. The van der Waals surface area contributed by atoms with Crippen molar-refractivity contribution >= 4 is 10.9 Å². The molecule has 0 bridgehead atoms. The van der Waals surface area contributed by atoms with E-state index >= 15 is 0 Å². The minimum Gasteiger partial charge on any atom is -0.390 e. The number of rotatable bonds is 2. The molecule has 108 valence electrons. The number of pyridine rings is 1. The summed E-state index contributed by atoms with van der Waals surface area (Å²) in [5.74, 6) is 0. The molecule has 0 unspecified atom stereocenters. The molecule has 1 N–H and O–H groups in total. The van der Waals surface area contributed by atoms with Gasteiger partial charge in [-0.3, -0.25) is 4.98 Å². The minimum absolute atomic E-state index is 0.300. The van der Waals surface area contributed by atoms with E-state index in [4.69, 9.17) is 0 Å². The second-order valence-corrected chi connectivity index (χ2v) is 4.48. The Morgan fingerprint density at radius 3 is 2.62 bits per heavy atom. The summed E-state index contributed by atoms with van der Waals surface area (Å²) in [6.07, 6.45) is -2.75. The summed E-state index contributed by atoms with van der Waals surface area (Å²) >= 11 is 0. The first-order chi connectivity index (χ1) is 9.99. The first-order valence-electron chi connectivity index (χ1n) is 6.11. The van der Waals surface area contributed by atoms with E-state index in [2.05, 4.69) is 10.1 Å². The van der Waals surface area contributed by atoms with Crippen molar-refractivity contribution in [3.63, 3.8) is 0 Å². The summed E-state index contributed by atoms with van der Waals surface area (Å²) < 4.78 is 39.2. The van der Waals surface area contributed by atoms with E-state index in [1.54, 1.807) is 24.3 Å². The highest BCUT2D eigenvalue weighted by Gasteiger charge is 2.32. The second-order valence-electron chi connectivity index (χ2n) is 4.48. The van der Waals surface area contributed by atoms with E-state index in [9.17, 15) is 18.3 Å². The fourth-order valence-electron chi connectivity index (χ4n) is 2.08. The van der Waals surface area contributed by atoms with Gasteiger partial charge in [-0.15, -0.1) is 0 Å². The van der Waals surface area contributed by atoms with Crippen LogP contribution in [-0.2, 0) is 12.8 Å². The standard InChI is InChI=1S/C14H10F3N3O/c15-14(16,17)9-6-18-20(7-9)13-5-10(8-21)19-12-4-2-1-3-11(12)13/h1-7,21H,8H2. The molecule has 0 fully saturated rings. The Kier molecular flexibility index (Phi) is 3.13. The summed E-state index contributed by atoms with van der Waals surface area (Å²) in [6.45, 7) is -0.300. The Labute approximate surface area is 117 Å². The van der Waals surface area contributed by atoms with Gasteiger partial charge < -0.3 is 5.11 Å². The maximum absolute atomic E-state index is 12.7. The quantitative estimate of drug-likeness (QED) is 0.790. The topological polar surface area (TPSA) is 50.9 Å². The summed E-state index contributed by atoms with van der Waals surface area (Å²) in [4.78, 5) is 4.22. The van der Waals surface area contributed by atoms with E-state index in [0.717, 1.165) is 17.1 Å². The summed E-state index contributed by atoms with van der Waals surface area (Å²) in [7, 11) is 0. The summed E-state index contributed by atoms with van der Waals surface area (Å²) in [5, 5.41) is 13.7. The zero-order valence-corrected chi connectivity index (χ0v) is 10.7. The molecule has 2 aromatic heterocycles. The van der Waals surface area contributed by atoms with E-state index in [1.165, 1.54) is 6.07 Å². The highest BCUT2D eigenvalue weighted by molar-refractivity contribution is 5.87. The number of aliphatic hydroxyl groups is 1. The van der Waals surface area contributed by atoms with Crippen molar-refractivity contribution in [2.24, 2.45) is 0 Å². The molecule has 0 aliphatic carbocycles. The molecule has 0 spiro atoms. The van der Waals surface area contributed by atoms with Crippen molar-refractivity contribution in [2.45, 2.75) is 12.8 Å². The molecule has 1 aromatic carbocycles. The Morgan fingerprint density at radius 2 is 1.95 bits per heavy atom. The highest BCUT2D eigenvalue weighted by atomic mass is 19.4. The molecule has 3 aromatic rings. The number of hydrogen-bond acceptors (Lipinski definition) is 3. The van der Waals surface area contributed by atoms with Gasteiger partial charge in [-0.2, -0.15) is 18.3 Å². The Hall–Kier alpha value is -2.41. The molecule has 0 amide bonds. The Morgan fingerprint density at radius 1 is 1.19 bits per heavy atom. The monoisotopic (exact) mass is 293 g/mol. The van der Waals surface area contributed by atoms with Crippen molar-refractivity contribution in [3.05, 3.63) is 54.0 Å². The number of aliphatic hydroxyl groups excluding tert-OH is 1. The van der Waals surface area contributed by atoms with Crippen LogP contribution in [-0.4, -0.2) is 19.9 Å². The fourth-order valence-corrected chi connectivity index (χ4v) is 2.08. The lowest BCUT2D eigenvalue weighted by atomic mass is 10.1. The van der Waals surface area contributed by atoms with Gasteiger partial charge in [0, 0.05) is 11.6 Å². The van der Waals surface area contributed by atoms with E-state index in [0.29, 0.717) is 22.3 Å². The van der Waals surface area contributed by atoms with Gasteiger partial charge in [0.1, 0.15) is 0 Å². The van der Waals surface area contributed by atoms with Crippen LogP contribution in [0.5, 0.6) is 0 Å². The summed E-state index contributed by atoms with van der Waals surface area (Å²) in [5.41, 5.74) is 0.574. The number of hydrogen-bond donors (Lipinski definition) is 1. The number of benzene rings is 1. The molecule has 0 radical (unpaired) electrons. The van der Waals surface area contributed by atoms with E-state index in [1.807, 2.05) is 0 Å². The van der Waals surface area contributed by atoms with Crippen molar-refractivity contribution in [3.8, 4) is 5.69 Å². The number of para-hydroxylation sites is 1. The predicted octanol–water partition coefficient (Wildman–Crippen LogP) is 2.93. The molecule has 2 heterocycles. The van der Waals surface area contributed by atoms with Gasteiger partial charge in [0.2, 0.25) is 0 Å². The molecule has 7 heteroatoms. The van der Waals surface area contributed by atoms with Gasteiger partial charge >= 0.3 is 6.18 Å². The Bertz CT molecular complexity index is 796. The van der Waals surface area contributed by atoms with Crippen LogP contribution in [0.1, 0.15) is 11.3 Å². The van der Waals surface area contributed by atoms with Crippen molar-refractivity contribution in [1.29, 1.82) is 0 Å². The number of fused-ring (bicyclic) bond motifs is 1. The first-order valence-corrected chi connectivity index (χ1v) is 6.11. The molecule has 0 aliphatic heterocycles. The third kappa shape index (κ3) is 2.47. The number of nitrogens with zero attached hydrogens (tertiary/aromatic N) is 3. The van der Waals surface area contributed by atoms with Gasteiger partial charge in [0.05, 0.1) is 35.3 Å². The van der Waals surface area contributed by atoms with Crippen LogP contribution in [0.4, 0.5) is 13.2 Å². The highest BCUT2D eigenvalue weighted by Crippen LogP contribution is 2.30. The van der Waals surface area contributed by atoms with Gasteiger partial charge in [-0.05, 0) is 12.1 Å². The average molecular weight is 293 g/mol. The van der Waals surface area contributed by atoms with Crippen LogP contribution < -0.4 is 0 Å². The fraction of sp³-hybridized carbons (Fsp3) is 0.143. The van der Waals surface area contributed by atoms with Crippen LogP contribution in [0.3, 0.4) is 0 Å². The summed E-state index contributed by atoms with van der Waals surface area (Å²) in [6, 6.07) is 8.53. The molecule has 3 rings (SSSR count). The lowest BCUT2D eigenvalue weighted by Gasteiger charge is -2.08. The third-order valence-electron chi connectivity index (χ3n) is 3.07. The van der Waals surface area contributed by atoms with Crippen LogP contribution in [0, 0.1) is 0 Å². The molecular formula is C14H10F3N3O. The SMILES string of the molecule is OCc1cc(-n2cc(C(F)(F)F)cn2)c2ccccc2n1. The zero-order valence-electron chi connectivity index (χ0n) is 10.7. The number of halogens is 3. The minimum atomic E-state index is -4.44. The van der Waals surface area contributed by atoms with Gasteiger partial charge in [-0.1, -0.05) is 18.2 Å². The van der Waals surface area contributed by atoms with Crippen LogP contribution in [0.15, 0.2) is 42.7 Å². The maximum atomic E-state index is 12.7. The average Bonchev–Trinajstić information content (AvgIpc) is 2.95. The number of alkyl halides is 3. The lowest BCUT2D eigenvalue weighted by molar-refractivity contribution is -0.137. The number of aromatic nitrogens is 3. The lowest BCUT2D eigenvalue weighted by Crippen LogP contribution is -2.03. The third-order valence-corrected chi connectivity index (χ3v) is 3.07. The van der Waals surface area contributed by atoms with Gasteiger partial charge in [0.15, 0.2) is 0 Å². The molecule has 0 saturated carbocycles. The normalized spacial score (nSPS) is 12.0. The van der Waals surface area contributed by atoms with Crippen molar-refractivity contribution in [1.82, 2.24) is 14.8 Å². The second kappa shape index (κ2) is 4.85. The van der Waals surface area contributed by atoms with Crippen LogP contribution in [0.25, 0.3) is 16.6 Å². The molecule has 21 heavy (non-hydrogen) atoms. The molecule has 4 nitrogen and oxygen atoms in total. The Balaban J connectivity index is 2.21. The maximum Gasteiger partial charge on any atom is 0.419 e. The van der Waals surface area contributed by atoms with Crippen molar-refractivity contribution < 1.29 is 18.3 Å². The molecule has 0 atom stereocenters. The largest absolute Gasteiger partial charge is 0.419 e. The molecule has 0 aliphatic rings. The first kappa shape index (κ1) is 13.6. The van der Waals surface area contributed by atoms with Gasteiger partial charge in [0.25, 0.3) is 0 Å². The van der Waals surface area contributed by atoms with Crippen LogP contribution in [0.2, 0.25) is 0 Å². The smallest absolute Gasteiger partial charge is 0.390 e. The van der Waals surface area contributed by atoms with Gasteiger partial charge in [-0.25, -0.2) is 4.68 Å². The van der Waals surface area contributed by atoms with Crippen molar-refractivity contribution in [2.75, 3.05) is 0 Å². The predicted molar refractivity (Wildman–Crippen MR) is 69.8 cm³/mol. The van der Waals surface area contributed by atoms with E-state index in [-0.39, 0.29) is 6.61 Å². The van der Waals surface area contributed by atoms with Crippen LogP contribution >= 0.6 is 0 Å².